The highest BCUT2D eigenvalue weighted by molar-refractivity contribution is 5.35. The zero-order valence-corrected chi connectivity index (χ0v) is 11.8. The van der Waals surface area contributed by atoms with Gasteiger partial charge in [0.25, 0.3) is 0 Å². The summed E-state index contributed by atoms with van der Waals surface area (Å²) >= 11 is 0. The molecular weight excluding hydrogens is 222 g/mol. The molecule has 0 spiro atoms. The third kappa shape index (κ3) is 3.22. The molecule has 0 amide bonds. The molecule has 0 radical (unpaired) electrons. The second-order valence-corrected chi connectivity index (χ2v) is 5.35. The van der Waals surface area contributed by atoms with Crippen molar-refractivity contribution in [2.45, 2.75) is 58.7 Å². The average Bonchev–Trinajstić information content (AvgIpc) is 2.35. The number of nitrogens with zero attached hydrogens (tertiary/aromatic N) is 2. The molecule has 2 heterocycles. The molecule has 1 aliphatic rings. The second kappa shape index (κ2) is 6.19. The molecule has 2 atom stereocenters. The highest BCUT2D eigenvalue weighted by Crippen LogP contribution is 2.24. The van der Waals surface area contributed by atoms with Crippen LogP contribution in [0.5, 0.6) is 0 Å². The summed E-state index contributed by atoms with van der Waals surface area (Å²) in [5, 5.41) is 3.28. The van der Waals surface area contributed by atoms with Crippen LogP contribution in [-0.4, -0.2) is 28.5 Å². The van der Waals surface area contributed by atoms with Gasteiger partial charge in [-0.1, -0.05) is 12.5 Å². The first-order chi connectivity index (χ1) is 8.70. The van der Waals surface area contributed by atoms with Crippen LogP contribution < -0.4 is 5.32 Å². The molecule has 18 heavy (non-hydrogen) atoms. The van der Waals surface area contributed by atoms with Gasteiger partial charge in [-0.05, 0) is 45.7 Å². The Morgan fingerprint density at radius 3 is 2.67 bits per heavy atom. The van der Waals surface area contributed by atoms with Gasteiger partial charge in [-0.2, -0.15) is 0 Å². The molecular formula is C15H25N3. The predicted octanol–water partition coefficient (Wildman–Crippen LogP) is 3.28. The molecule has 100 valence electrons. The second-order valence-electron chi connectivity index (χ2n) is 5.35. The number of likely N-dealkylation sites (tertiary alicyclic amines) is 1. The summed E-state index contributed by atoms with van der Waals surface area (Å²) in [4.78, 5) is 7.26. The summed E-state index contributed by atoms with van der Waals surface area (Å²) in [6.07, 6.45) is 4.00. The van der Waals surface area contributed by atoms with Gasteiger partial charge in [0.15, 0.2) is 0 Å². The van der Waals surface area contributed by atoms with E-state index in [0.717, 1.165) is 18.9 Å². The van der Waals surface area contributed by atoms with Crippen LogP contribution in [0.1, 0.15) is 45.7 Å². The number of aromatic nitrogens is 1. The van der Waals surface area contributed by atoms with E-state index in [1.165, 1.54) is 25.0 Å². The molecule has 1 aromatic rings. The minimum atomic E-state index is 0.679. The minimum absolute atomic E-state index is 0.679. The molecule has 1 fully saturated rings. The van der Waals surface area contributed by atoms with Crippen molar-refractivity contribution in [2.75, 3.05) is 11.9 Å². The monoisotopic (exact) mass is 247 g/mol. The summed E-state index contributed by atoms with van der Waals surface area (Å²) in [5.41, 5.74) is 1.18. The van der Waals surface area contributed by atoms with E-state index in [1.807, 2.05) is 6.07 Å². The van der Waals surface area contributed by atoms with Crippen molar-refractivity contribution in [3.05, 3.63) is 23.9 Å². The molecule has 0 bridgehead atoms. The normalized spacial score (nSPS) is 25.1. The molecule has 0 saturated carbocycles. The Hall–Kier alpha value is -1.09. The molecule has 1 aliphatic heterocycles. The minimum Gasteiger partial charge on any atom is -0.370 e. The molecule has 1 saturated heterocycles. The van der Waals surface area contributed by atoms with Crippen molar-refractivity contribution in [1.29, 1.82) is 0 Å². The fourth-order valence-corrected chi connectivity index (χ4v) is 2.82. The van der Waals surface area contributed by atoms with Gasteiger partial charge in [0, 0.05) is 25.2 Å². The van der Waals surface area contributed by atoms with Gasteiger partial charge in [-0.3, -0.25) is 4.90 Å². The summed E-state index contributed by atoms with van der Waals surface area (Å²) in [6.45, 7) is 8.67. The molecule has 3 nitrogen and oxygen atoms in total. The maximum Gasteiger partial charge on any atom is 0.126 e. The van der Waals surface area contributed by atoms with Gasteiger partial charge in [0.1, 0.15) is 5.82 Å². The number of hydrogen-bond donors (Lipinski definition) is 1. The number of pyridine rings is 1. The van der Waals surface area contributed by atoms with Crippen molar-refractivity contribution in [3.63, 3.8) is 0 Å². The molecule has 1 N–H and O–H groups in total. The maximum atomic E-state index is 4.67. The third-order valence-corrected chi connectivity index (χ3v) is 3.89. The Balaban J connectivity index is 2.05. The van der Waals surface area contributed by atoms with Crippen LogP contribution >= 0.6 is 0 Å². The van der Waals surface area contributed by atoms with Crippen LogP contribution in [0.4, 0.5) is 5.82 Å². The van der Waals surface area contributed by atoms with Gasteiger partial charge in [-0.15, -0.1) is 0 Å². The molecule has 3 heteroatoms. The van der Waals surface area contributed by atoms with Crippen molar-refractivity contribution in [1.82, 2.24) is 9.88 Å². The largest absolute Gasteiger partial charge is 0.370 e. The predicted molar refractivity (Wildman–Crippen MR) is 76.7 cm³/mol. The number of piperidine rings is 1. The Morgan fingerprint density at radius 2 is 2.00 bits per heavy atom. The van der Waals surface area contributed by atoms with Crippen LogP contribution in [0, 0.1) is 0 Å². The van der Waals surface area contributed by atoms with Gasteiger partial charge < -0.3 is 5.32 Å². The quantitative estimate of drug-likeness (QED) is 0.885. The van der Waals surface area contributed by atoms with Crippen LogP contribution in [0.3, 0.4) is 0 Å². The smallest absolute Gasteiger partial charge is 0.126 e. The summed E-state index contributed by atoms with van der Waals surface area (Å²) < 4.78 is 0. The number of rotatable bonds is 4. The topological polar surface area (TPSA) is 28.2 Å². The van der Waals surface area contributed by atoms with Crippen molar-refractivity contribution < 1.29 is 0 Å². The van der Waals surface area contributed by atoms with Crippen LogP contribution in [0.15, 0.2) is 18.2 Å². The zero-order valence-electron chi connectivity index (χ0n) is 11.8. The van der Waals surface area contributed by atoms with Crippen LogP contribution in [-0.2, 0) is 6.54 Å². The fourth-order valence-electron chi connectivity index (χ4n) is 2.82. The molecule has 0 aromatic carbocycles. The standard InChI is InChI=1S/C15H25N3/c1-4-16-15-10-6-9-14(17-15)11-18-12(2)7-5-8-13(18)3/h6,9-10,12-13H,4-5,7-8,11H2,1-3H3,(H,16,17)/t12-,13+. The molecule has 0 unspecified atom stereocenters. The lowest BCUT2D eigenvalue weighted by atomic mass is 9.97. The van der Waals surface area contributed by atoms with E-state index in [2.05, 4.69) is 48.1 Å². The fraction of sp³-hybridized carbons (Fsp3) is 0.667. The van der Waals surface area contributed by atoms with Crippen molar-refractivity contribution in [3.8, 4) is 0 Å². The third-order valence-electron chi connectivity index (χ3n) is 3.89. The number of nitrogens with one attached hydrogen (secondary N) is 1. The van der Waals surface area contributed by atoms with E-state index in [1.54, 1.807) is 0 Å². The summed E-state index contributed by atoms with van der Waals surface area (Å²) in [7, 11) is 0. The lowest BCUT2D eigenvalue weighted by molar-refractivity contribution is 0.0939. The number of anilines is 1. The maximum absolute atomic E-state index is 4.67. The summed E-state index contributed by atoms with van der Waals surface area (Å²) in [5.74, 6) is 0.993. The van der Waals surface area contributed by atoms with Crippen LogP contribution in [0.25, 0.3) is 0 Å². The van der Waals surface area contributed by atoms with E-state index < -0.39 is 0 Å². The van der Waals surface area contributed by atoms with Crippen LogP contribution in [0.2, 0.25) is 0 Å². The average molecular weight is 247 g/mol. The molecule has 2 rings (SSSR count). The van der Waals surface area contributed by atoms with Crippen molar-refractivity contribution >= 4 is 5.82 Å². The van der Waals surface area contributed by atoms with Crippen molar-refractivity contribution in [2.24, 2.45) is 0 Å². The number of hydrogen-bond acceptors (Lipinski definition) is 3. The van der Waals surface area contributed by atoms with E-state index in [4.69, 9.17) is 0 Å². The lowest BCUT2D eigenvalue weighted by Gasteiger charge is -2.38. The highest BCUT2D eigenvalue weighted by atomic mass is 15.2. The Bertz CT molecular complexity index is 368. The first kappa shape index (κ1) is 13.3. The summed E-state index contributed by atoms with van der Waals surface area (Å²) in [6, 6.07) is 7.63. The SMILES string of the molecule is CCNc1cccc(CN2[C@H](C)CCC[C@@H]2C)n1. The Morgan fingerprint density at radius 1 is 1.28 bits per heavy atom. The van der Waals surface area contributed by atoms with Gasteiger partial charge in [-0.25, -0.2) is 4.98 Å². The van der Waals surface area contributed by atoms with E-state index >= 15 is 0 Å². The first-order valence-electron chi connectivity index (χ1n) is 7.16. The van der Waals surface area contributed by atoms with Gasteiger partial charge in [0.2, 0.25) is 0 Å². The Labute approximate surface area is 111 Å². The van der Waals surface area contributed by atoms with Gasteiger partial charge >= 0.3 is 0 Å². The molecule has 0 aliphatic carbocycles. The molecule has 1 aromatic heterocycles. The van der Waals surface area contributed by atoms with Gasteiger partial charge in [0.05, 0.1) is 5.69 Å². The van der Waals surface area contributed by atoms with E-state index in [9.17, 15) is 0 Å². The first-order valence-corrected chi connectivity index (χ1v) is 7.16. The highest BCUT2D eigenvalue weighted by Gasteiger charge is 2.24. The zero-order chi connectivity index (χ0) is 13.0. The Kier molecular flexibility index (Phi) is 4.59. The van der Waals surface area contributed by atoms with E-state index in [0.29, 0.717) is 12.1 Å². The van der Waals surface area contributed by atoms with E-state index in [-0.39, 0.29) is 0 Å². The lowest BCUT2D eigenvalue weighted by Crippen LogP contribution is -2.43.